The lowest BCUT2D eigenvalue weighted by atomic mass is 10.2. The lowest BCUT2D eigenvalue weighted by Gasteiger charge is -2.15. The van der Waals surface area contributed by atoms with E-state index in [9.17, 15) is 0 Å². The van der Waals surface area contributed by atoms with Gasteiger partial charge in [-0.1, -0.05) is 17.7 Å². The van der Waals surface area contributed by atoms with Crippen molar-refractivity contribution in [1.82, 2.24) is 0 Å². The largest absolute Gasteiger partial charge is 0.394 e. The summed E-state index contributed by atoms with van der Waals surface area (Å²) in [5, 5.41) is 21.3. The van der Waals surface area contributed by atoms with Crippen molar-refractivity contribution in [1.29, 1.82) is 0 Å². The Labute approximate surface area is 93.7 Å². The van der Waals surface area contributed by atoms with E-state index in [2.05, 4.69) is 5.32 Å². The van der Waals surface area contributed by atoms with Gasteiger partial charge >= 0.3 is 0 Å². The molecular formula is C10H15ClN2O2. The standard InChI is InChI=1S/C10H15ClN2O2/c11-10-3-8(2-1-7(10)4-12)13-9(5-14)6-15/h1-3,9,13-15H,4-6,12H2. The topological polar surface area (TPSA) is 78.5 Å². The van der Waals surface area contributed by atoms with Gasteiger partial charge in [-0.3, -0.25) is 0 Å². The van der Waals surface area contributed by atoms with Gasteiger partial charge in [-0.15, -0.1) is 0 Å². The third-order valence-corrected chi connectivity index (χ3v) is 2.44. The fourth-order valence-corrected chi connectivity index (χ4v) is 1.45. The van der Waals surface area contributed by atoms with Crippen molar-refractivity contribution in [3.05, 3.63) is 28.8 Å². The molecule has 0 radical (unpaired) electrons. The molecule has 0 aliphatic heterocycles. The van der Waals surface area contributed by atoms with E-state index in [1.165, 1.54) is 0 Å². The highest BCUT2D eigenvalue weighted by Crippen LogP contribution is 2.20. The van der Waals surface area contributed by atoms with Crippen molar-refractivity contribution in [2.45, 2.75) is 12.6 Å². The molecule has 0 amide bonds. The highest BCUT2D eigenvalue weighted by atomic mass is 35.5. The van der Waals surface area contributed by atoms with Crippen LogP contribution in [0.4, 0.5) is 5.69 Å². The van der Waals surface area contributed by atoms with Crippen LogP contribution >= 0.6 is 11.6 Å². The molecule has 0 aliphatic rings. The average molecular weight is 231 g/mol. The van der Waals surface area contributed by atoms with Crippen molar-refractivity contribution < 1.29 is 10.2 Å². The Bertz CT molecular complexity index is 316. The van der Waals surface area contributed by atoms with Crippen LogP contribution in [0, 0.1) is 0 Å². The maximum Gasteiger partial charge on any atom is 0.0723 e. The third-order valence-electron chi connectivity index (χ3n) is 2.08. The first-order valence-electron chi connectivity index (χ1n) is 4.68. The predicted molar refractivity (Wildman–Crippen MR) is 60.9 cm³/mol. The summed E-state index contributed by atoms with van der Waals surface area (Å²) in [6.45, 7) is 0.127. The Kier molecular flexibility index (Phi) is 4.84. The third kappa shape index (κ3) is 3.35. The molecule has 0 heterocycles. The van der Waals surface area contributed by atoms with Crippen molar-refractivity contribution in [3.63, 3.8) is 0 Å². The van der Waals surface area contributed by atoms with Crippen molar-refractivity contribution in [2.24, 2.45) is 5.73 Å². The first-order valence-corrected chi connectivity index (χ1v) is 5.05. The zero-order valence-corrected chi connectivity index (χ0v) is 9.04. The zero-order chi connectivity index (χ0) is 11.3. The fraction of sp³-hybridized carbons (Fsp3) is 0.400. The molecule has 0 fully saturated rings. The summed E-state index contributed by atoms with van der Waals surface area (Å²) in [6, 6.07) is 4.98. The lowest BCUT2D eigenvalue weighted by molar-refractivity contribution is 0.204. The van der Waals surface area contributed by atoms with Gasteiger partial charge in [-0.05, 0) is 17.7 Å². The Morgan fingerprint density at radius 2 is 2.00 bits per heavy atom. The molecule has 4 nitrogen and oxygen atoms in total. The second-order valence-corrected chi connectivity index (χ2v) is 3.62. The van der Waals surface area contributed by atoms with Crippen LogP contribution in [-0.4, -0.2) is 29.5 Å². The highest BCUT2D eigenvalue weighted by molar-refractivity contribution is 6.31. The van der Waals surface area contributed by atoms with Crippen molar-refractivity contribution in [2.75, 3.05) is 18.5 Å². The maximum atomic E-state index is 8.88. The van der Waals surface area contributed by atoms with Gasteiger partial charge in [-0.25, -0.2) is 0 Å². The second kappa shape index (κ2) is 5.92. The normalized spacial score (nSPS) is 10.7. The van der Waals surface area contributed by atoms with Crippen LogP contribution in [0.15, 0.2) is 18.2 Å². The minimum Gasteiger partial charge on any atom is -0.394 e. The van der Waals surface area contributed by atoms with E-state index >= 15 is 0 Å². The summed E-state index contributed by atoms with van der Waals surface area (Å²) >= 11 is 5.95. The Morgan fingerprint density at radius 3 is 2.47 bits per heavy atom. The lowest BCUT2D eigenvalue weighted by Crippen LogP contribution is -2.27. The fourth-order valence-electron chi connectivity index (χ4n) is 1.19. The molecule has 0 saturated heterocycles. The van der Waals surface area contributed by atoms with Gasteiger partial charge in [0, 0.05) is 17.3 Å². The van der Waals surface area contributed by atoms with Crippen LogP contribution in [0.2, 0.25) is 5.02 Å². The zero-order valence-electron chi connectivity index (χ0n) is 8.28. The van der Waals surface area contributed by atoms with Gasteiger partial charge in [0.25, 0.3) is 0 Å². The highest BCUT2D eigenvalue weighted by Gasteiger charge is 2.06. The number of rotatable bonds is 5. The van der Waals surface area contributed by atoms with Crippen LogP contribution < -0.4 is 11.1 Å². The molecule has 5 N–H and O–H groups in total. The Morgan fingerprint density at radius 1 is 1.33 bits per heavy atom. The van der Waals surface area contributed by atoms with E-state index in [1.54, 1.807) is 6.07 Å². The number of hydrogen-bond donors (Lipinski definition) is 4. The van der Waals surface area contributed by atoms with Crippen LogP contribution in [-0.2, 0) is 6.54 Å². The molecule has 0 bridgehead atoms. The number of hydrogen-bond acceptors (Lipinski definition) is 4. The van der Waals surface area contributed by atoms with Gasteiger partial charge in [0.2, 0.25) is 0 Å². The number of nitrogens with two attached hydrogens (primary N) is 1. The van der Waals surface area contributed by atoms with Crippen LogP contribution in [0.25, 0.3) is 0 Å². The molecule has 15 heavy (non-hydrogen) atoms. The van der Waals surface area contributed by atoms with Gasteiger partial charge in [0.05, 0.1) is 19.3 Å². The van der Waals surface area contributed by atoms with Gasteiger partial charge < -0.3 is 21.3 Å². The van der Waals surface area contributed by atoms with Gasteiger partial charge in [-0.2, -0.15) is 0 Å². The predicted octanol–water partition coefficient (Wildman–Crippen LogP) is 0.564. The minimum absolute atomic E-state index is 0.132. The van der Waals surface area contributed by atoms with E-state index in [4.69, 9.17) is 27.5 Å². The summed E-state index contributed by atoms with van der Waals surface area (Å²) < 4.78 is 0. The molecule has 0 aromatic heterocycles. The monoisotopic (exact) mass is 230 g/mol. The summed E-state index contributed by atoms with van der Waals surface area (Å²) in [5.41, 5.74) is 7.09. The number of aliphatic hydroxyl groups excluding tert-OH is 2. The Balaban J connectivity index is 2.74. The minimum atomic E-state index is -0.371. The number of nitrogens with one attached hydrogen (secondary N) is 1. The smallest absolute Gasteiger partial charge is 0.0723 e. The molecule has 5 heteroatoms. The van der Waals surface area contributed by atoms with E-state index in [1.807, 2.05) is 12.1 Å². The second-order valence-electron chi connectivity index (χ2n) is 3.22. The quantitative estimate of drug-likeness (QED) is 0.596. The van der Waals surface area contributed by atoms with Crippen LogP contribution in [0.1, 0.15) is 5.56 Å². The van der Waals surface area contributed by atoms with E-state index in [-0.39, 0.29) is 19.3 Å². The number of aliphatic hydroxyl groups is 2. The average Bonchev–Trinajstić information content (AvgIpc) is 2.26. The number of benzene rings is 1. The molecule has 1 rings (SSSR count). The van der Waals surface area contributed by atoms with Crippen molar-refractivity contribution in [3.8, 4) is 0 Å². The maximum absolute atomic E-state index is 8.88. The molecule has 0 saturated carbocycles. The van der Waals surface area contributed by atoms with Crippen LogP contribution in [0.3, 0.4) is 0 Å². The summed E-state index contributed by atoms with van der Waals surface area (Å²) in [6.07, 6.45) is 0. The first-order chi connectivity index (χ1) is 7.21. The molecular weight excluding hydrogens is 216 g/mol. The van der Waals surface area contributed by atoms with E-state index in [0.29, 0.717) is 11.6 Å². The Hall–Kier alpha value is -0.810. The molecule has 0 spiro atoms. The molecule has 1 aromatic carbocycles. The summed E-state index contributed by atoms with van der Waals surface area (Å²) in [4.78, 5) is 0. The number of halogens is 1. The van der Waals surface area contributed by atoms with E-state index < -0.39 is 0 Å². The molecule has 1 aromatic rings. The van der Waals surface area contributed by atoms with Crippen molar-refractivity contribution >= 4 is 17.3 Å². The molecule has 0 aliphatic carbocycles. The SMILES string of the molecule is NCc1ccc(NC(CO)CO)cc1Cl. The van der Waals surface area contributed by atoms with Gasteiger partial charge in [0.15, 0.2) is 0 Å². The summed E-state index contributed by atoms with van der Waals surface area (Å²) in [7, 11) is 0. The molecule has 0 unspecified atom stereocenters. The summed E-state index contributed by atoms with van der Waals surface area (Å²) in [5.74, 6) is 0. The molecule has 0 atom stereocenters. The molecule has 84 valence electrons. The number of anilines is 1. The van der Waals surface area contributed by atoms with E-state index in [0.717, 1.165) is 11.3 Å². The van der Waals surface area contributed by atoms with Gasteiger partial charge in [0.1, 0.15) is 0 Å². The van der Waals surface area contributed by atoms with Crippen LogP contribution in [0.5, 0.6) is 0 Å². The first kappa shape index (κ1) is 12.3.